The Labute approximate surface area is 146 Å². The Hall–Kier alpha value is -2.70. The number of hydrogen-bond acceptors (Lipinski definition) is 7. The van der Waals surface area contributed by atoms with Crippen LogP contribution in [-0.4, -0.2) is 33.4 Å². The molecule has 1 saturated heterocycles. The van der Waals surface area contributed by atoms with Crippen molar-refractivity contribution in [3.63, 3.8) is 0 Å². The van der Waals surface area contributed by atoms with E-state index < -0.39 is 0 Å². The monoisotopic (exact) mass is 339 g/mol. The third kappa shape index (κ3) is 3.40. The molecule has 0 unspecified atom stereocenters. The molecule has 0 N–H and O–H groups in total. The van der Waals surface area contributed by atoms with Crippen molar-refractivity contribution in [2.75, 3.05) is 18.0 Å². The van der Waals surface area contributed by atoms with Crippen molar-refractivity contribution in [3.8, 4) is 11.4 Å². The Bertz CT molecular complexity index is 814. The van der Waals surface area contributed by atoms with Crippen LogP contribution in [0.3, 0.4) is 0 Å². The molecule has 3 heterocycles. The van der Waals surface area contributed by atoms with Crippen molar-refractivity contribution < 1.29 is 9.05 Å². The van der Waals surface area contributed by atoms with Gasteiger partial charge in [-0.05, 0) is 24.4 Å². The molecule has 0 radical (unpaired) electrons. The predicted octanol–water partition coefficient (Wildman–Crippen LogP) is 3.46. The summed E-state index contributed by atoms with van der Waals surface area (Å²) in [6.45, 7) is 3.78. The molecule has 4 rings (SSSR count). The molecule has 7 heteroatoms. The number of nitrogens with zero attached hydrogens (tertiary/aromatic N) is 5. The zero-order valence-electron chi connectivity index (χ0n) is 14.3. The second-order valence-electron chi connectivity index (χ2n) is 6.35. The van der Waals surface area contributed by atoms with Crippen LogP contribution in [0.4, 0.5) is 5.95 Å². The van der Waals surface area contributed by atoms with Crippen molar-refractivity contribution >= 4 is 5.95 Å². The van der Waals surface area contributed by atoms with Crippen LogP contribution in [-0.2, 0) is 6.42 Å². The number of anilines is 1. The second kappa shape index (κ2) is 7.04. The van der Waals surface area contributed by atoms with Crippen molar-refractivity contribution in [3.05, 3.63) is 42.1 Å². The summed E-state index contributed by atoms with van der Waals surface area (Å²) in [4.78, 5) is 11.2. The van der Waals surface area contributed by atoms with Gasteiger partial charge in [-0.15, -0.1) is 0 Å². The highest BCUT2D eigenvalue weighted by molar-refractivity contribution is 5.53. The van der Waals surface area contributed by atoms with Crippen molar-refractivity contribution in [1.29, 1.82) is 0 Å². The number of rotatable bonds is 5. The summed E-state index contributed by atoms with van der Waals surface area (Å²) in [6.07, 6.45) is 3.86. The molecule has 25 heavy (non-hydrogen) atoms. The quantitative estimate of drug-likeness (QED) is 0.704. The fourth-order valence-corrected chi connectivity index (χ4v) is 3.16. The summed E-state index contributed by atoms with van der Waals surface area (Å²) in [5.41, 5.74) is 0.965. The molecule has 0 aliphatic carbocycles. The fraction of sp³-hybridized carbons (Fsp3) is 0.444. The number of hydrogen-bond donors (Lipinski definition) is 0. The molecule has 0 spiro atoms. The Balaban J connectivity index is 1.48. The number of aryl methyl sites for hydroxylation is 1. The highest BCUT2D eigenvalue weighted by atomic mass is 16.5. The van der Waals surface area contributed by atoms with Gasteiger partial charge in [-0.3, -0.25) is 0 Å². The lowest BCUT2D eigenvalue weighted by Crippen LogP contribution is -2.35. The predicted molar refractivity (Wildman–Crippen MR) is 92.2 cm³/mol. The molecule has 1 aromatic carbocycles. The van der Waals surface area contributed by atoms with E-state index >= 15 is 0 Å². The van der Waals surface area contributed by atoms with Crippen LogP contribution in [0.15, 0.2) is 39.4 Å². The van der Waals surface area contributed by atoms with Crippen molar-refractivity contribution in [1.82, 2.24) is 20.3 Å². The van der Waals surface area contributed by atoms with E-state index in [1.54, 1.807) is 0 Å². The Morgan fingerprint density at radius 3 is 2.84 bits per heavy atom. The minimum absolute atomic E-state index is 0.187. The summed E-state index contributed by atoms with van der Waals surface area (Å²) in [5.74, 6) is 2.87. The van der Waals surface area contributed by atoms with Crippen LogP contribution in [0, 0.1) is 0 Å². The molecular formula is C18H21N5O2. The summed E-state index contributed by atoms with van der Waals surface area (Å²) in [6, 6.07) is 9.88. The van der Waals surface area contributed by atoms with Gasteiger partial charge in [0.15, 0.2) is 0 Å². The van der Waals surface area contributed by atoms with Crippen molar-refractivity contribution in [2.24, 2.45) is 0 Å². The van der Waals surface area contributed by atoms with Crippen LogP contribution < -0.4 is 4.90 Å². The molecule has 7 nitrogen and oxygen atoms in total. The van der Waals surface area contributed by atoms with Crippen LogP contribution in [0.25, 0.3) is 11.4 Å². The van der Waals surface area contributed by atoms with Gasteiger partial charge in [0.05, 0.1) is 5.92 Å². The van der Waals surface area contributed by atoms with E-state index in [-0.39, 0.29) is 5.92 Å². The number of aromatic nitrogens is 4. The minimum Gasteiger partial charge on any atom is -0.339 e. The van der Waals surface area contributed by atoms with Gasteiger partial charge in [-0.25, -0.2) is 0 Å². The van der Waals surface area contributed by atoms with Crippen LogP contribution in [0.1, 0.15) is 43.9 Å². The lowest BCUT2D eigenvalue weighted by Gasteiger charge is -2.29. The maximum atomic E-state index is 5.53. The maximum Gasteiger partial charge on any atom is 0.266 e. The fourth-order valence-electron chi connectivity index (χ4n) is 3.16. The van der Waals surface area contributed by atoms with E-state index in [1.165, 1.54) is 0 Å². The maximum absolute atomic E-state index is 5.53. The largest absolute Gasteiger partial charge is 0.339 e. The minimum atomic E-state index is 0.187. The van der Waals surface area contributed by atoms with Gasteiger partial charge in [0.1, 0.15) is 0 Å². The zero-order valence-corrected chi connectivity index (χ0v) is 14.3. The van der Waals surface area contributed by atoms with E-state index in [0.29, 0.717) is 23.6 Å². The highest BCUT2D eigenvalue weighted by Gasteiger charge is 2.28. The van der Waals surface area contributed by atoms with E-state index in [4.69, 9.17) is 9.05 Å². The van der Waals surface area contributed by atoms with E-state index in [2.05, 4.69) is 32.1 Å². The van der Waals surface area contributed by atoms with Crippen molar-refractivity contribution in [2.45, 2.75) is 38.5 Å². The molecule has 1 fully saturated rings. The van der Waals surface area contributed by atoms with E-state index in [9.17, 15) is 0 Å². The molecule has 3 aromatic rings. The van der Waals surface area contributed by atoms with Gasteiger partial charge < -0.3 is 13.9 Å². The topological polar surface area (TPSA) is 81.1 Å². The summed E-state index contributed by atoms with van der Waals surface area (Å²) < 4.78 is 10.8. The summed E-state index contributed by atoms with van der Waals surface area (Å²) in [7, 11) is 0. The first-order valence-corrected chi connectivity index (χ1v) is 8.80. The summed E-state index contributed by atoms with van der Waals surface area (Å²) in [5, 5.41) is 8.25. The molecule has 0 saturated carbocycles. The van der Waals surface area contributed by atoms with Gasteiger partial charge in [0.25, 0.3) is 5.95 Å². The Morgan fingerprint density at radius 2 is 2.00 bits per heavy atom. The van der Waals surface area contributed by atoms with E-state index in [0.717, 1.165) is 44.3 Å². The number of piperidine rings is 1. The number of benzene rings is 1. The molecule has 1 atom stereocenters. The van der Waals surface area contributed by atoms with Gasteiger partial charge in [0, 0.05) is 25.1 Å². The van der Waals surface area contributed by atoms with Gasteiger partial charge in [-0.1, -0.05) is 42.4 Å². The average molecular weight is 339 g/mol. The smallest absolute Gasteiger partial charge is 0.266 e. The second-order valence-corrected chi connectivity index (χ2v) is 6.35. The Kier molecular flexibility index (Phi) is 4.45. The molecule has 1 aliphatic heterocycles. The highest BCUT2D eigenvalue weighted by Crippen LogP contribution is 2.29. The SMILES string of the molecule is CCCc1nc(N2CCC[C@H](c3nc(-c4ccccc4)no3)C2)no1. The van der Waals surface area contributed by atoms with Crippen LogP contribution in [0.2, 0.25) is 0 Å². The van der Waals surface area contributed by atoms with Crippen LogP contribution >= 0.6 is 0 Å². The first kappa shape index (κ1) is 15.8. The molecular weight excluding hydrogens is 318 g/mol. The molecule has 1 aliphatic rings. The van der Waals surface area contributed by atoms with Gasteiger partial charge >= 0.3 is 0 Å². The average Bonchev–Trinajstić information content (AvgIpc) is 3.33. The normalized spacial score (nSPS) is 17.8. The standard InChI is InChI=1S/C18H21N5O2/c1-2-7-15-19-18(22-24-15)23-11-6-10-14(12-23)17-20-16(21-25-17)13-8-4-3-5-9-13/h3-5,8-9,14H,2,6-7,10-12H2,1H3/t14-/m0/s1. The third-order valence-electron chi connectivity index (χ3n) is 4.45. The third-order valence-corrected chi connectivity index (χ3v) is 4.45. The van der Waals surface area contributed by atoms with Crippen LogP contribution in [0.5, 0.6) is 0 Å². The van der Waals surface area contributed by atoms with Gasteiger partial charge in [-0.2, -0.15) is 9.97 Å². The Morgan fingerprint density at radius 1 is 1.12 bits per heavy atom. The molecule has 130 valence electrons. The molecule has 0 bridgehead atoms. The van der Waals surface area contributed by atoms with Gasteiger partial charge in [0.2, 0.25) is 17.6 Å². The lowest BCUT2D eigenvalue weighted by atomic mass is 9.98. The lowest BCUT2D eigenvalue weighted by molar-refractivity contribution is 0.331. The van der Waals surface area contributed by atoms with E-state index in [1.807, 2.05) is 30.3 Å². The molecule has 2 aromatic heterocycles. The first-order chi connectivity index (χ1) is 12.3. The first-order valence-electron chi connectivity index (χ1n) is 8.80. The summed E-state index contributed by atoms with van der Waals surface area (Å²) >= 11 is 0. The molecule has 0 amide bonds. The zero-order chi connectivity index (χ0) is 17.1.